The molecular weight excluding hydrogens is 653 g/mol. The maximum absolute atomic E-state index is 13.6. The number of piperidine rings is 1. The van der Waals surface area contributed by atoms with Gasteiger partial charge in [0.25, 0.3) is 5.91 Å². The third-order valence-electron chi connectivity index (χ3n) is 9.23. The molecule has 2 fully saturated rings. The maximum Gasteiger partial charge on any atom is 0.415 e. The first-order chi connectivity index (χ1) is 24.0. The monoisotopic (exact) mass is 697 g/mol. The molecule has 2 amide bonds. The van der Waals surface area contributed by atoms with Gasteiger partial charge < -0.3 is 45.4 Å². The van der Waals surface area contributed by atoms with Crippen LogP contribution in [0.5, 0.6) is 5.75 Å². The van der Waals surface area contributed by atoms with Crippen LogP contribution in [0.15, 0.2) is 60.7 Å². The van der Waals surface area contributed by atoms with Crippen LogP contribution in [-0.4, -0.2) is 117 Å². The second kappa shape index (κ2) is 16.2. The van der Waals surface area contributed by atoms with E-state index in [0.29, 0.717) is 62.6 Å². The largest absolute Gasteiger partial charge is 0.493 e. The zero-order chi connectivity index (χ0) is 36.0. The summed E-state index contributed by atoms with van der Waals surface area (Å²) in [5.74, 6) is -0.304. The van der Waals surface area contributed by atoms with Crippen LogP contribution in [0.25, 0.3) is 11.1 Å². The molecule has 2 aliphatic heterocycles. The Kier molecular flexibility index (Phi) is 12.1. The molecule has 5 rings (SSSR count). The molecule has 0 bridgehead atoms. The van der Waals surface area contributed by atoms with Gasteiger partial charge in [-0.3, -0.25) is 14.6 Å². The molecule has 0 saturated carbocycles. The number of likely N-dealkylation sites (tertiary alicyclic amines) is 1. The lowest BCUT2D eigenvalue weighted by Gasteiger charge is -2.37. The predicted molar refractivity (Wildman–Crippen MR) is 180 cm³/mol. The molecule has 2 saturated heterocycles. The van der Waals surface area contributed by atoms with Crippen molar-refractivity contribution in [2.24, 2.45) is 0 Å². The summed E-state index contributed by atoms with van der Waals surface area (Å²) < 4.78 is 25.5. The normalized spacial score (nSPS) is 18.4. The van der Waals surface area contributed by atoms with Crippen molar-refractivity contribution in [3.8, 4) is 16.9 Å². The average molecular weight is 698 g/mol. The molecule has 3 aromatic carbocycles. The molecule has 270 valence electrons. The van der Waals surface area contributed by atoms with E-state index >= 15 is 0 Å². The summed E-state index contributed by atoms with van der Waals surface area (Å²) in [6.07, 6.45) is -6.13. The molecular formula is C36H44FN3O10. The van der Waals surface area contributed by atoms with Crippen molar-refractivity contribution in [3.05, 3.63) is 83.2 Å². The minimum Gasteiger partial charge on any atom is -0.493 e. The number of nitrogens with one attached hydrogen (secondary N) is 1. The van der Waals surface area contributed by atoms with Crippen molar-refractivity contribution in [1.29, 1.82) is 0 Å². The molecule has 13 nitrogen and oxygen atoms in total. The van der Waals surface area contributed by atoms with Crippen LogP contribution in [0.3, 0.4) is 0 Å². The Morgan fingerprint density at radius 3 is 2.26 bits per heavy atom. The molecule has 1 spiro atoms. The van der Waals surface area contributed by atoms with Gasteiger partial charge in [-0.25, -0.2) is 9.18 Å². The Labute approximate surface area is 289 Å². The highest BCUT2D eigenvalue weighted by Gasteiger charge is 2.47. The summed E-state index contributed by atoms with van der Waals surface area (Å²) >= 11 is 0. The number of carbonyl (C=O) groups excluding carboxylic acids is 2. The molecule has 2 heterocycles. The molecule has 0 aliphatic carbocycles. The fraction of sp³-hybridized carbons (Fsp3) is 0.444. The first-order valence-corrected chi connectivity index (χ1v) is 16.6. The van der Waals surface area contributed by atoms with Crippen molar-refractivity contribution in [2.75, 3.05) is 44.3 Å². The minimum absolute atomic E-state index is 0.211. The summed E-state index contributed by atoms with van der Waals surface area (Å²) in [5, 5.41) is 60.8. The maximum atomic E-state index is 13.6. The number of aliphatic hydroxyl groups is 6. The summed E-state index contributed by atoms with van der Waals surface area (Å²) in [7, 11) is 0. The molecule has 0 unspecified atom stereocenters. The number of hydrogen-bond acceptors (Lipinski definition) is 11. The molecule has 2 aliphatic rings. The van der Waals surface area contributed by atoms with Crippen molar-refractivity contribution in [2.45, 2.75) is 62.9 Å². The Balaban J connectivity index is 1.17. The van der Waals surface area contributed by atoms with Gasteiger partial charge >= 0.3 is 6.09 Å². The van der Waals surface area contributed by atoms with Gasteiger partial charge in [0.1, 0.15) is 35.5 Å². The second-order valence-electron chi connectivity index (χ2n) is 12.7. The van der Waals surface area contributed by atoms with Crippen LogP contribution in [0.4, 0.5) is 14.9 Å². The van der Waals surface area contributed by atoms with Gasteiger partial charge in [0, 0.05) is 55.8 Å². The number of anilines is 1. The fourth-order valence-corrected chi connectivity index (χ4v) is 6.40. The van der Waals surface area contributed by atoms with E-state index in [9.17, 15) is 39.5 Å². The molecule has 50 heavy (non-hydrogen) atoms. The van der Waals surface area contributed by atoms with E-state index < -0.39 is 55.2 Å². The number of halogens is 1. The number of ether oxygens (including phenoxy) is 2. The van der Waals surface area contributed by atoms with Gasteiger partial charge in [-0.05, 0) is 66.1 Å². The average Bonchev–Trinajstić information content (AvgIpc) is 3.45. The number of rotatable bonds is 14. The van der Waals surface area contributed by atoms with E-state index in [0.717, 1.165) is 16.7 Å². The zero-order valence-corrected chi connectivity index (χ0v) is 27.7. The van der Waals surface area contributed by atoms with E-state index in [-0.39, 0.29) is 18.0 Å². The van der Waals surface area contributed by atoms with Gasteiger partial charge in [0.2, 0.25) is 0 Å². The lowest BCUT2D eigenvalue weighted by atomic mass is 9.90. The third-order valence-corrected chi connectivity index (χ3v) is 9.23. The van der Waals surface area contributed by atoms with Crippen molar-refractivity contribution < 1.29 is 54.1 Å². The molecule has 4 atom stereocenters. The van der Waals surface area contributed by atoms with Crippen LogP contribution in [0, 0.1) is 5.82 Å². The highest BCUT2D eigenvalue weighted by Crippen LogP contribution is 2.38. The van der Waals surface area contributed by atoms with Gasteiger partial charge in [-0.1, -0.05) is 18.2 Å². The van der Waals surface area contributed by atoms with Crippen LogP contribution < -0.4 is 15.0 Å². The number of carbonyl (C=O) groups is 2. The van der Waals surface area contributed by atoms with Crippen LogP contribution in [0.1, 0.15) is 41.3 Å². The number of nitrogens with zero attached hydrogens (tertiary/aromatic N) is 2. The Morgan fingerprint density at radius 1 is 0.980 bits per heavy atom. The Bertz CT molecular complexity index is 1620. The predicted octanol–water partition coefficient (Wildman–Crippen LogP) is 1.54. The molecule has 0 radical (unpaired) electrons. The number of hydrogen-bond donors (Lipinski definition) is 7. The van der Waals surface area contributed by atoms with Crippen molar-refractivity contribution in [1.82, 2.24) is 10.2 Å². The Morgan fingerprint density at radius 2 is 1.64 bits per heavy atom. The smallest absolute Gasteiger partial charge is 0.415 e. The second-order valence-corrected chi connectivity index (χ2v) is 12.7. The first kappa shape index (κ1) is 37.1. The number of aliphatic hydroxyl groups excluding tert-OH is 6. The van der Waals surface area contributed by atoms with Gasteiger partial charge in [-0.15, -0.1) is 0 Å². The SMILES string of the molecule is CCOc1cc(CN2CCC3(CC2)CN(c2ccc(C(=O)NC[C@H](O)[C@@H](O)[C@H](O)[C@H](O)CO)cc2)C(=O)O3)cc(CO)c1-c1ccc(F)cc1. The lowest BCUT2D eigenvalue weighted by Crippen LogP contribution is -2.49. The summed E-state index contributed by atoms with van der Waals surface area (Å²) in [6.45, 7) is 3.11. The highest BCUT2D eigenvalue weighted by molar-refractivity contribution is 5.96. The van der Waals surface area contributed by atoms with Gasteiger partial charge in [0.15, 0.2) is 0 Å². The third kappa shape index (κ3) is 8.41. The standard InChI is InChI=1S/C36H44FN3O10/c1-2-49-30-16-22(15-25(19-41)31(30)23-3-7-26(37)8-4-23)18-39-13-11-36(12-14-39)21-40(35(48)50-36)27-9-5-24(6-10-27)34(47)38-17-28(43)32(45)33(46)29(44)20-42/h3-10,15-16,28-29,32-33,41-46H,2,11-14,17-21H2,1H3,(H,38,47)/t28-,29+,32+,33+/m0/s1. The van der Waals surface area contributed by atoms with Crippen molar-refractivity contribution in [3.63, 3.8) is 0 Å². The molecule has 3 aromatic rings. The quantitative estimate of drug-likeness (QED) is 0.129. The van der Waals surface area contributed by atoms with E-state index in [1.807, 2.05) is 19.1 Å². The first-order valence-electron chi connectivity index (χ1n) is 16.6. The van der Waals surface area contributed by atoms with Crippen LogP contribution in [0.2, 0.25) is 0 Å². The fourth-order valence-electron chi connectivity index (χ4n) is 6.40. The summed E-state index contributed by atoms with van der Waals surface area (Å²) in [4.78, 5) is 29.4. The highest BCUT2D eigenvalue weighted by atomic mass is 19.1. The van der Waals surface area contributed by atoms with E-state index in [1.165, 1.54) is 29.2 Å². The van der Waals surface area contributed by atoms with Gasteiger partial charge in [-0.2, -0.15) is 0 Å². The number of amides is 2. The topological polar surface area (TPSA) is 192 Å². The molecule has 7 N–H and O–H groups in total. The minimum atomic E-state index is -1.80. The van der Waals surface area contributed by atoms with E-state index in [1.54, 1.807) is 24.3 Å². The molecule has 14 heteroatoms. The van der Waals surface area contributed by atoms with E-state index in [4.69, 9.17) is 14.6 Å². The van der Waals surface area contributed by atoms with E-state index in [2.05, 4.69) is 10.2 Å². The molecule has 0 aromatic heterocycles. The number of benzene rings is 3. The summed E-state index contributed by atoms with van der Waals surface area (Å²) in [5.41, 5.74) is 3.22. The van der Waals surface area contributed by atoms with Crippen LogP contribution in [-0.2, 0) is 17.9 Å². The van der Waals surface area contributed by atoms with Gasteiger partial charge in [0.05, 0.1) is 32.5 Å². The lowest BCUT2D eigenvalue weighted by molar-refractivity contribution is -0.113. The zero-order valence-electron chi connectivity index (χ0n) is 27.7. The van der Waals surface area contributed by atoms with Crippen molar-refractivity contribution >= 4 is 17.7 Å². The summed E-state index contributed by atoms with van der Waals surface area (Å²) in [6, 6.07) is 16.2. The Hall–Kier alpha value is -4.15. The van der Waals surface area contributed by atoms with Crippen LogP contribution >= 0.6 is 0 Å².